The number of hydrogen-bond acceptors (Lipinski definition) is 7. The van der Waals surface area contributed by atoms with Crippen LogP contribution in [0.4, 0.5) is 0 Å². The van der Waals surface area contributed by atoms with Crippen molar-refractivity contribution in [1.82, 2.24) is 10.1 Å². The molecule has 2 aromatic heterocycles. The first-order valence-electron chi connectivity index (χ1n) is 8.59. The number of furan rings is 1. The van der Waals surface area contributed by atoms with E-state index in [1.165, 1.54) is 6.07 Å². The van der Waals surface area contributed by atoms with Gasteiger partial charge in [-0.05, 0) is 24.3 Å². The molecule has 2 heterocycles. The van der Waals surface area contributed by atoms with Crippen LogP contribution < -0.4 is 4.74 Å². The smallest absolute Gasteiger partial charge is 0.374 e. The number of ether oxygens (including phenoxy) is 2. The van der Waals surface area contributed by atoms with Gasteiger partial charge in [-0.25, -0.2) is 4.79 Å². The largest absolute Gasteiger partial charge is 0.486 e. The van der Waals surface area contributed by atoms with Gasteiger partial charge in [0.25, 0.3) is 5.89 Å². The van der Waals surface area contributed by atoms with Crippen molar-refractivity contribution in [2.24, 2.45) is 0 Å². The number of rotatable bonds is 7. The number of carbonyl (C=O) groups is 1. The molecule has 4 aromatic rings. The number of aromatic nitrogens is 2. The van der Waals surface area contributed by atoms with Gasteiger partial charge in [0, 0.05) is 5.56 Å². The second-order valence-corrected chi connectivity index (χ2v) is 5.82. The molecule has 140 valence electrons. The zero-order valence-corrected chi connectivity index (χ0v) is 14.8. The highest BCUT2D eigenvalue weighted by Crippen LogP contribution is 2.17. The molecule has 0 fully saturated rings. The molecule has 0 aliphatic rings. The third-order valence-electron chi connectivity index (χ3n) is 3.81. The molecule has 0 N–H and O–H groups in total. The fraction of sp³-hybridized carbons (Fsp3) is 0.0952. The van der Waals surface area contributed by atoms with Crippen LogP contribution in [0.25, 0.3) is 11.4 Å². The summed E-state index contributed by atoms with van der Waals surface area (Å²) < 4.78 is 21.3. The van der Waals surface area contributed by atoms with Crippen molar-refractivity contribution in [1.29, 1.82) is 0 Å². The summed E-state index contributed by atoms with van der Waals surface area (Å²) in [6.45, 7) is 0.0661. The van der Waals surface area contributed by atoms with Crippen molar-refractivity contribution in [3.05, 3.63) is 90.2 Å². The van der Waals surface area contributed by atoms with Gasteiger partial charge in [0.15, 0.2) is 6.61 Å². The molecule has 7 heteroatoms. The predicted molar refractivity (Wildman–Crippen MR) is 98.3 cm³/mol. The summed E-state index contributed by atoms with van der Waals surface area (Å²) in [5, 5.41) is 3.88. The van der Waals surface area contributed by atoms with E-state index in [-0.39, 0.29) is 24.9 Å². The summed E-state index contributed by atoms with van der Waals surface area (Å²) in [5.74, 6) is 1.32. The number of para-hydroxylation sites is 1. The number of hydrogen-bond donors (Lipinski definition) is 0. The molecule has 0 aliphatic heterocycles. The van der Waals surface area contributed by atoms with Gasteiger partial charge in [0.2, 0.25) is 11.6 Å². The molecule has 0 unspecified atom stereocenters. The molecule has 28 heavy (non-hydrogen) atoms. The molecule has 0 bridgehead atoms. The van der Waals surface area contributed by atoms with E-state index in [9.17, 15) is 4.79 Å². The quantitative estimate of drug-likeness (QED) is 0.445. The van der Waals surface area contributed by atoms with Crippen LogP contribution in [-0.2, 0) is 18.0 Å². The fourth-order valence-corrected chi connectivity index (χ4v) is 2.45. The fourth-order valence-electron chi connectivity index (χ4n) is 2.45. The average Bonchev–Trinajstić information content (AvgIpc) is 3.42. The molecule has 0 radical (unpaired) electrons. The van der Waals surface area contributed by atoms with Crippen molar-refractivity contribution >= 4 is 5.97 Å². The average molecular weight is 376 g/mol. The molecule has 0 aliphatic carbocycles. The monoisotopic (exact) mass is 376 g/mol. The lowest BCUT2D eigenvalue weighted by Crippen LogP contribution is -2.04. The third kappa shape index (κ3) is 4.27. The maximum Gasteiger partial charge on any atom is 0.374 e. The minimum atomic E-state index is -0.620. The Labute approximate surface area is 160 Å². The minimum absolute atomic E-state index is 0.0782. The highest BCUT2D eigenvalue weighted by atomic mass is 16.6. The zero-order chi connectivity index (χ0) is 19.2. The van der Waals surface area contributed by atoms with Gasteiger partial charge in [-0.3, -0.25) is 0 Å². The lowest BCUT2D eigenvalue weighted by Gasteiger charge is -2.03. The third-order valence-corrected chi connectivity index (χ3v) is 3.81. The van der Waals surface area contributed by atoms with E-state index >= 15 is 0 Å². The van der Waals surface area contributed by atoms with Crippen LogP contribution in [0.15, 0.2) is 81.7 Å². The van der Waals surface area contributed by atoms with Crippen molar-refractivity contribution in [3.8, 4) is 17.1 Å². The van der Waals surface area contributed by atoms with Gasteiger partial charge in [0.1, 0.15) is 18.1 Å². The molecule has 0 spiro atoms. The van der Waals surface area contributed by atoms with Gasteiger partial charge in [-0.2, -0.15) is 4.98 Å². The highest BCUT2D eigenvalue weighted by Gasteiger charge is 2.16. The summed E-state index contributed by atoms with van der Waals surface area (Å²) in [6, 6.07) is 21.9. The Kier molecular flexibility index (Phi) is 5.15. The molecular formula is C21H16N2O5. The van der Waals surface area contributed by atoms with Crippen molar-refractivity contribution in [2.45, 2.75) is 13.2 Å². The highest BCUT2D eigenvalue weighted by molar-refractivity contribution is 5.86. The van der Waals surface area contributed by atoms with E-state index < -0.39 is 5.97 Å². The molecule has 4 rings (SSSR count). The van der Waals surface area contributed by atoms with Gasteiger partial charge < -0.3 is 18.4 Å². The summed E-state index contributed by atoms with van der Waals surface area (Å²) in [4.78, 5) is 16.3. The Morgan fingerprint density at radius 2 is 1.64 bits per heavy atom. The molecule has 0 atom stereocenters. The minimum Gasteiger partial charge on any atom is -0.486 e. The number of esters is 1. The molecule has 0 saturated heterocycles. The molecular weight excluding hydrogens is 360 g/mol. The maximum atomic E-state index is 12.1. The van der Waals surface area contributed by atoms with Crippen LogP contribution in [0.3, 0.4) is 0 Å². The predicted octanol–water partition coefficient (Wildman–Crippen LogP) is 4.27. The molecule has 2 aromatic carbocycles. The Morgan fingerprint density at radius 3 is 2.43 bits per heavy atom. The van der Waals surface area contributed by atoms with Crippen LogP contribution in [-0.4, -0.2) is 16.1 Å². The Hall–Kier alpha value is -3.87. The first-order valence-corrected chi connectivity index (χ1v) is 8.59. The van der Waals surface area contributed by atoms with Gasteiger partial charge in [-0.15, -0.1) is 0 Å². The second kappa shape index (κ2) is 8.22. The lowest BCUT2D eigenvalue weighted by atomic mass is 10.2. The van der Waals surface area contributed by atoms with Gasteiger partial charge >= 0.3 is 5.97 Å². The van der Waals surface area contributed by atoms with Crippen LogP contribution in [0.5, 0.6) is 5.75 Å². The van der Waals surface area contributed by atoms with E-state index in [0.29, 0.717) is 17.3 Å². The number of benzene rings is 2. The van der Waals surface area contributed by atoms with Gasteiger partial charge in [0.05, 0.1) is 0 Å². The van der Waals surface area contributed by atoms with E-state index in [1.54, 1.807) is 6.07 Å². The van der Waals surface area contributed by atoms with Crippen LogP contribution >= 0.6 is 0 Å². The summed E-state index contributed by atoms with van der Waals surface area (Å²) >= 11 is 0. The lowest BCUT2D eigenvalue weighted by molar-refractivity contribution is 0.0390. The van der Waals surface area contributed by atoms with E-state index in [2.05, 4.69) is 10.1 Å². The number of carbonyl (C=O) groups excluding carboxylic acids is 1. The summed E-state index contributed by atoms with van der Waals surface area (Å²) in [7, 11) is 0. The SMILES string of the molecule is O=C(OCc1nc(-c2ccccc2)no1)c1ccc(COc2ccccc2)o1. The second-order valence-electron chi connectivity index (χ2n) is 5.82. The maximum absolute atomic E-state index is 12.1. The topological polar surface area (TPSA) is 87.6 Å². The Morgan fingerprint density at radius 1 is 0.893 bits per heavy atom. The van der Waals surface area contributed by atoms with Gasteiger partial charge in [-0.1, -0.05) is 53.7 Å². The first kappa shape index (κ1) is 17.5. The Balaban J connectivity index is 1.31. The zero-order valence-electron chi connectivity index (χ0n) is 14.8. The van der Waals surface area contributed by atoms with E-state index in [4.69, 9.17) is 18.4 Å². The molecule has 0 amide bonds. The van der Waals surface area contributed by atoms with Crippen LogP contribution in [0.1, 0.15) is 22.2 Å². The Bertz CT molecular complexity index is 1040. The van der Waals surface area contributed by atoms with Crippen molar-refractivity contribution < 1.29 is 23.2 Å². The van der Waals surface area contributed by atoms with Crippen LogP contribution in [0.2, 0.25) is 0 Å². The summed E-state index contributed by atoms with van der Waals surface area (Å²) in [6.07, 6.45) is 0. The summed E-state index contributed by atoms with van der Waals surface area (Å²) in [5.41, 5.74) is 0.818. The number of nitrogens with zero attached hydrogens (tertiary/aromatic N) is 2. The van der Waals surface area contributed by atoms with E-state index in [1.807, 2.05) is 60.7 Å². The van der Waals surface area contributed by atoms with Crippen LogP contribution in [0, 0.1) is 0 Å². The van der Waals surface area contributed by atoms with Crippen molar-refractivity contribution in [2.75, 3.05) is 0 Å². The molecule has 0 saturated carbocycles. The standard InChI is InChI=1S/C21H16N2O5/c24-21(18-12-11-17(27-18)13-25-16-9-5-2-6-10-16)26-14-19-22-20(23-28-19)15-7-3-1-4-8-15/h1-12H,13-14H2. The van der Waals surface area contributed by atoms with Crippen molar-refractivity contribution in [3.63, 3.8) is 0 Å². The first-order chi connectivity index (χ1) is 13.8. The normalized spacial score (nSPS) is 10.6. The van der Waals surface area contributed by atoms with E-state index in [0.717, 1.165) is 5.56 Å². The molecule has 7 nitrogen and oxygen atoms in total.